The summed E-state index contributed by atoms with van der Waals surface area (Å²) in [6, 6.07) is 8.53. The summed E-state index contributed by atoms with van der Waals surface area (Å²) in [4.78, 5) is 11.9. The Kier molecular flexibility index (Phi) is 6.21. The second-order valence-electron chi connectivity index (χ2n) is 6.09. The summed E-state index contributed by atoms with van der Waals surface area (Å²) < 4.78 is 5.02. The molecule has 0 aliphatic heterocycles. The van der Waals surface area contributed by atoms with Crippen LogP contribution in [0.3, 0.4) is 0 Å². The van der Waals surface area contributed by atoms with E-state index in [2.05, 4.69) is 38.1 Å². The molecule has 0 fully saturated rings. The Balaban J connectivity index is 2.52. The van der Waals surface area contributed by atoms with Crippen molar-refractivity contribution in [2.45, 2.75) is 46.5 Å². The van der Waals surface area contributed by atoms with Crippen LogP contribution in [0.2, 0.25) is 0 Å². The number of carbonyl (C=O) groups is 1. The van der Waals surface area contributed by atoms with Gasteiger partial charge in [-0.2, -0.15) is 0 Å². The molecule has 1 atom stereocenters. The van der Waals surface area contributed by atoms with Crippen LogP contribution in [0.25, 0.3) is 0 Å². The number of hydrogen-bond acceptors (Lipinski definition) is 3. The lowest BCUT2D eigenvalue weighted by Gasteiger charge is -2.24. The molecule has 0 aromatic heterocycles. The van der Waals surface area contributed by atoms with E-state index in [1.54, 1.807) is 0 Å². The van der Waals surface area contributed by atoms with Crippen LogP contribution in [0.1, 0.15) is 50.7 Å². The van der Waals surface area contributed by atoms with E-state index in [0.29, 0.717) is 5.92 Å². The summed E-state index contributed by atoms with van der Waals surface area (Å²) in [7, 11) is 0. The lowest BCUT2D eigenvalue weighted by Crippen LogP contribution is -2.28. The fourth-order valence-electron chi connectivity index (χ4n) is 2.07. The Bertz CT molecular complexity index is 420. The first kappa shape index (κ1) is 16.7. The SMILES string of the molecule is Cc1ccc(C(C)CCC(C)(C)C(=O)OCCO)cc1. The van der Waals surface area contributed by atoms with E-state index in [-0.39, 0.29) is 19.2 Å². The van der Waals surface area contributed by atoms with Gasteiger partial charge in [0, 0.05) is 0 Å². The molecule has 1 aromatic rings. The van der Waals surface area contributed by atoms with Crippen molar-refractivity contribution in [2.75, 3.05) is 13.2 Å². The number of ether oxygens (including phenoxy) is 1. The van der Waals surface area contributed by atoms with Crippen LogP contribution in [-0.2, 0) is 9.53 Å². The second-order valence-corrected chi connectivity index (χ2v) is 6.09. The average Bonchev–Trinajstić information content (AvgIpc) is 2.43. The number of aliphatic hydroxyl groups excluding tert-OH is 1. The van der Waals surface area contributed by atoms with Gasteiger partial charge >= 0.3 is 5.97 Å². The molecule has 3 nitrogen and oxygen atoms in total. The zero-order valence-electron chi connectivity index (χ0n) is 13.0. The highest BCUT2D eigenvalue weighted by molar-refractivity contribution is 5.75. The molecule has 0 saturated carbocycles. The quantitative estimate of drug-likeness (QED) is 0.777. The minimum atomic E-state index is -0.506. The zero-order chi connectivity index (χ0) is 15.2. The fourth-order valence-corrected chi connectivity index (χ4v) is 2.07. The third-order valence-corrected chi connectivity index (χ3v) is 3.73. The van der Waals surface area contributed by atoms with E-state index in [4.69, 9.17) is 9.84 Å². The van der Waals surface area contributed by atoms with E-state index >= 15 is 0 Å². The summed E-state index contributed by atoms with van der Waals surface area (Å²) in [6.07, 6.45) is 1.70. The molecular formula is C17H26O3. The van der Waals surface area contributed by atoms with Crippen molar-refractivity contribution in [3.05, 3.63) is 35.4 Å². The van der Waals surface area contributed by atoms with Crippen molar-refractivity contribution in [3.8, 4) is 0 Å². The lowest BCUT2D eigenvalue weighted by molar-refractivity contribution is -0.155. The fraction of sp³-hybridized carbons (Fsp3) is 0.588. The predicted octanol–water partition coefficient (Wildman–Crippen LogP) is 3.44. The van der Waals surface area contributed by atoms with Crippen molar-refractivity contribution in [1.29, 1.82) is 0 Å². The Morgan fingerprint density at radius 1 is 1.30 bits per heavy atom. The molecule has 0 amide bonds. The summed E-state index contributed by atoms with van der Waals surface area (Å²) in [5.74, 6) is 0.183. The van der Waals surface area contributed by atoms with Crippen molar-refractivity contribution in [3.63, 3.8) is 0 Å². The molecule has 0 aliphatic rings. The van der Waals surface area contributed by atoms with Crippen LogP contribution < -0.4 is 0 Å². The summed E-state index contributed by atoms with van der Waals surface area (Å²) >= 11 is 0. The van der Waals surface area contributed by atoms with E-state index in [1.807, 2.05) is 13.8 Å². The molecule has 0 aliphatic carbocycles. The van der Waals surface area contributed by atoms with Crippen molar-refractivity contribution in [1.82, 2.24) is 0 Å². The van der Waals surface area contributed by atoms with E-state index < -0.39 is 5.41 Å². The first-order valence-corrected chi connectivity index (χ1v) is 7.21. The lowest BCUT2D eigenvalue weighted by atomic mass is 9.83. The first-order valence-electron chi connectivity index (χ1n) is 7.21. The van der Waals surface area contributed by atoms with Gasteiger partial charge in [-0.15, -0.1) is 0 Å². The molecular weight excluding hydrogens is 252 g/mol. The number of benzene rings is 1. The molecule has 0 heterocycles. The molecule has 3 heteroatoms. The van der Waals surface area contributed by atoms with E-state index in [1.165, 1.54) is 11.1 Å². The smallest absolute Gasteiger partial charge is 0.311 e. The Hall–Kier alpha value is -1.35. The third-order valence-electron chi connectivity index (χ3n) is 3.73. The van der Waals surface area contributed by atoms with Gasteiger partial charge in [0.2, 0.25) is 0 Å². The van der Waals surface area contributed by atoms with Gasteiger partial charge in [0.25, 0.3) is 0 Å². The summed E-state index contributed by atoms with van der Waals surface area (Å²) in [5, 5.41) is 8.69. The zero-order valence-corrected chi connectivity index (χ0v) is 13.0. The van der Waals surface area contributed by atoms with Crippen LogP contribution in [0.15, 0.2) is 24.3 Å². The normalized spacial score (nSPS) is 13.1. The summed E-state index contributed by atoms with van der Waals surface area (Å²) in [5.41, 5.74) is 2.05. The summed E-state index contributed by atoms with van der Waals surface area (Å²) in [6.45, 7) is 8.01. The number of carbonyl (C=O) groups excluding carboxylic acids is 1. The van der Waals surface area contributed by atoms with Gasteiger partial charge in [0.1, 0.15) is 6.61 Å². The van der Waals surface area contributed by atoms with Crippen LogP contribution in [0, 0.1) is 12.3 Å². The molecule has 1 aromatic carbocycles. The molecule has 0 spiro atoms. The highest BCUT2D eigenvalue weighted by Gasteiger charge is 2.29. The molecule has 1 rings (SSSR count). The van der Waals surface area contributed by atoms with Gasteiger partial charge in [0.05, 0.1) is 12.0 Å². The van der Waals surface area contributed by atoms with Crippen molar-refractivity contribution >= 4 is 5.97 Å². The molecule has 0 saturated heterocycles. The molecule has 112 valence electrons. The van der Waals surface area contributed by atoms with Gasteiger partial charge in [-0.1, -0.05) is 36.8 Å². The van der Waals surface area contributed by atoms with Crippen molar-refractivity contribution in [2.24, 2.45) is 5.41 Å². The highest BCUT2D eigenvalue weighted by Crippen LogP contribution is 2.30. The van der Waals surface area contributed by atoms with Gasteiger partial charge in [-0.25, -0.2) is 0 Å². The Morgan fingerprint density at radius 3 is 2.45 bits per heavy atom. The highest BCUT2D eigenvalue weighted by atomic mass is 16.5. The number of aryl methyl sites for hydroxylation is 1. The van der Waals surface area contributed by atoms with Crippen molar-refractivity contribution < 1.29 is 14.6 Å². The minimum Gasteiger partial charge on any atom is -0.463 e. The first-order chi connectivity index (χ1) is 9.36. The van der Waals surface area contributed by atoms with Gasteiger partial charge in [0.15, 0.2) is 0 Å². The second kappa shape index (κ2) is 7.44. The molecule has 0 bridgehead atoms. The predicted molar refractivity (Wildman–Crippen MR) is 80.7 cm³/mol. The number of esters is 1. The van der Waals surface area contributed by atoms with E-state index in [0.717, 1.165) is 12.8 Å². The molecule has 20 heavy (non-hydrogen) atoms. The number of rotatable bonds is 7. The number of aliphatic hydroxyl groups is 1. The maximum atomic E-state index is 11.9. The minimum absolute atomic E-state index is 0.0791. The largest absolute Gasteiger partial charge is 0.463 e. The van der Waals surface area contributed by atoms with Gasteiger partial charge in [-0.3, -0.25) is 4.79 Å². The van der Waals surface area contributed by atoms with Crippen LogP contribution in [0.5, 0.6) is 0 Å². The standard InChI is InChI=1S/C17H26O3/c1-13-5-7-15(8-6-13)14(2)9-10-17(3,4)16(19)20-12-11-18/h5-8,14,18H,9-12H2,1-4H3. The van der Waals surface area contributed by atoms with Crippen LogP contribution >= 0.6 is 0 Å². The third kappa shape index (κ3) is 4.97. The maximum Gasteiger partial charge on any atom is 0.311 e. The van der Waals surface area contributed by atoms with Gasteiger partial charge in [-0.05, 0) is 45.1 Å². The molecule has 1 unspecified atom stereocenters. The Labute approximate surface area is 122 Å². The monoisotopic (exact) mass is 278 g/mol. The Morgan fingerprint density at radius 2 is 1.90 bits per heavy atom. The average molecular weight is 278 g/mol. The molecule has 1 N–H and O–H groups in total. The topological polar surface area (TPSA) is 46.5 Å². The van der Waals surface area contributed by atoms with E-state index in [9.17, 15) is 4.79 Å². The van der Waals surface area contributed by atoms with Crippen LogP contribution in [-0.4, -0.2) is 24.3 Å². The number of hydrogen-bond donors (Lipinski definition) is 1. The van der Waals surface area contributed by atoms with Crippen LogP contribution in [0.4, 0.5) is 0 Å². The van der Waals surface area contributed by atoms with Gasteiger partial charge < -0.3 is 9.84 Å². The molecule has 0 radical (unpaired) electrons. The maximum absolute atomic E-state index is 11.9.